The van der Waals surface area contributed by atoms with Crippen LogP contribution >= 0.6 is 11.3 Å². The highest BCUT2D eigenvalue weighted by Gasteiger charge is 2.31. The normalized spacial score (nSPS) is 11.2. The molecule has 1 amide bonds. The maximum atomic E-state index is 13.0. The van der Waals surface area contributed by atoms with Crippen LogP contribution in [0.3, 0.4) is 0 Å². The summed E-state index contributed by atoms with van der Waals surface area (Å²) in [5.41, 5.74) is -0.523. The number of carbonyl (C=O) groups excluding carboxylic acids is 2. The summed E-state index contributed by atoms with van der Waals surface area (Å²) in [5.74, 6) is -1.37. The van der Waals surface area contributed by atoms with Crippen LogP contribution in [0.4, 0.5) is 29.7 Å². The number of thiazole rings is 1. The number of esters is 1. The number of carbonyl (C=O) groups is 2. The fraction of sp³-hybridized carbons (Fsp3) is 0.190. The van der Waals surface area contributed by atoms with E-state index in [1.807, 2.05) is 0 Å². The number of anilines is 2. The first-order chi connectivity index (χ1) is 15.5. The number of ether oxygens (including phenoxy) is 1. The Hall–Kier alpha value is -3.80. The molecule has 8 nitrogen and oxygen atoms in total. The van der Waals surface area contributed by atoms with E-state index in [9.17, 15) is 32.9 Å². The Balaban J connectivity index is 1.77. The maximum absolute atomic E-state index is 13.0. The van der Waals surface area contributed by atoms with Gasteiger partial charge in [0.15, 0.2) is 5.13 Å². The number of amides is 1. The monoisotopic (exact) mass is 479 g/mol. The van der Waals surface area contributed by atoms with Crippen molar-refractivity contribution in [2.45, 2.75) is 26.6 Å². The summed E-state index contributed by atoms with van der Waals surface area (Å²) in [6.07, 6.45) is -4.58. The number of hydrogen-bond acceptors (Lipinski definition) is 7. The smallest absolute Gasteiger partial charge is 0.416 e. The van der Waals surface area contributed by atoms with Gasteiger partial charge in [-0.2, -0.15) is 13.2 Å². The van der Waals surface area contributed by atoms with E-state index < -0.39 is 28.5 Å². The second-order valence-electron chi connectivity index (χ2n) is 6.86. The number of nitro groups is 1. The van der Waals surface area contributed by atoms with E-state index in [1.165, 1.54) is 43.5 Å². The average molecular weight is 479 g/mol. The van der Waals surface area contributed by atoms with Crippen LogP contribution in [-0.2, 0) is 22.3 Å². The van der Waals surface area contributed by atoms with Gasteiger partial charge in [-0.05, 0) is 31.2 Å². The minimum Gasteiger partial charge on any atom is -0.456 e. The Bertz CT molecular complexity index is 1230. The second kappa shape index (κ2) is 9.36. The van der Waals surface area contributed by atoms with Crippen molar-refractivity contribution < 1.29 is 32.4 Å². The van der Waals surface area contributed by atoms with Gasteiger partial charge in [0.05, 0.1) is 27.4 Å². The van der Waals surface area contributed by atoms with E-state index in [2.05, 4.69) is 4.98 Å². The first-order valence-corrected chi connectivity index (χ1v) is 10.2. The quantitative estimate of drug-likeness (QED) is 0.266. The van der Waals surface area contributed by atoms with Gasteiger partial charge in [-0.25, -0.2) is 9.78 Å². The summed E-state index contributed by atoms with van der Waals surface area (Å²) >= 11 is 0.982. The van der Waals surface area contributed by atoms with E-state index in [4.69, 9.17) is 4.74 Å². The van der Waals surface area contributed by atoms with Crippen LogP contribution < -0.4 is 4.90 Å². The molecular weight excluding hydrogens is 463 g/mol. The number of aromatic nitrogens is 1. The predicted molar refractivity (Wildman–Crippen MR) is 113 cm³/mol. The van der Waals surface area contributed by atoms with E-state index in [1.54, 1.807) is 0 Å². The van der Waals surface area contributed by atoms with Crippen molar-refractivity contribution in [2.75, 3.05) is 4.90 Å². The number of hydrogen-bond donors (Lipinski definition) is 0. The molecular formula is C21H16F3N3O5S. The Kier molecular flexibility index (Phi) is 6.77. The number of nitro benzene ring substituents is 1. The first kappa shape index (κ1) is 23.9. The lowest BCUT2D eigenvalue weighted by atomic mass is 10.1. The number of aryl methyl sites for hydroxylation is 1. The van der Waals surface area contributed by atoms with Crippen LogP contribution in [0.5, 0.6) is 0 Å². The molecule has 0 aliphatic rings. The Morgan fingerprint density at radius 3 is 2.58 bits per heavy atom. The maximum Gasteiger partial charge on any atom is 0.416 e. The molecule has 12 heteroatoms. The van der Waals surface area contributed by atoms with Crippen LogP contribution in [0, 0.1) is 17.0 Å². The zero-order valence-corrected chi connectivity index (χ0v) is 18.1. The number of rotatable bonds is 6. The number of alkyl halides is 3. The summed E-state index contributed by atoms with van der Waals surface area (Å²) in [6.45, 7) is 2.42. The summed E-state index contributed by atoms with van der Waals surface area (Å²) in [7, 11) is 0. The molecule has 0 aliphatic heterocycles. The van der Waals surface area contributed by atoms with Crippen molar-refractivity contribution in [3.05, 3.63) is 80.3 Å². The third-order valence-electron chi connectivity index (χ3n) is 4.47. The highest BCUT2D eigenvalue weighted by atomic mass is 32.1. The van der Waals surface area contributed by atoms with Crippen LogP contribution in [0.25, 0.3) is 0 Å². The van der Waals surface area contributed by atoms with Gasteiger partial charge in [-0.3, -0.25) is 19.8 Å². The SMILES string of the molecule is CC(=O)N(c1cccc(C(F)(F)F)c1)c1nc(COC(=O)c2ccc(C)c([N+](=O)[O-])c2)cs1. The molecule has 0 N–H and O–H groups in total. The molecule has 172 valence electrons. The highest BCUT2D eigenvalue weighted by molar-refractivity contribution is 7.14. The summed E-state index contributed by atoms with van der Waals surface area (Å²) in [6, 6.07) is 8.19. The van der Waals surface area contributed by atoms with Gasteiger partial charge >= 0.3 is 12.1 Å². The van der Waals surface area contributed by atoms with Crippen molar-refractivity contribution in [1.29, 1.82) is 0 Å². The molecule has 3 rings (SSSR count). The lowest BCUT2D eigenvalue weighted by molar-refractivity contribution is -0.385. The fourth-order valence-electron chi connectivity index (χ4n) is 2.87. The Morgan fingerprint density at radius 2 is 1.94 bits per heavy atom. The largest absolute Gasteiger partial charge is 0.456 e. The molecule has 1 heterocycles. The molecule has 2 aromatic carbocycles. The van der Waals surface area contributed by atoms with Crippen molar-refractivity contribution in [3.63, 3.8) is 0 Å². The van der Waals surface area contributed by atoms with E-state index >= 15 is 0 Å². The predicted octanol–water partition coefficient (Wildman–Crippen LogP) is 5.42. The molecule has 1 aromatic heterocycles. The molecule has 33 heavy (non-hydrogen) atoms. The zero-order chi connectivity index (χ0) is 24.3. The molecule has 0 saturated heterocycles. The number of benzene rings is 2. The molecule has 0 spiro atoms. The highest BCUT2D eigenvalue weighted by Crippen LogP contribution is 2.35. The molecule has 0 aliphatic carbocycles. The molecule has 0 bridgehead atoms. The number of halogens is 3. The second-order valence-corrected chi connectivity index (χ2v) is 7.69. The van der Waals surface area contributed by atoms with Crippen LogP contribution in [0.2, 0.25) is 0 Å². The van der Waals surface area contributed by atoms with Gasteiger partial charge in [0.1, 0.15) is 6.61 Å². The molecule has 3 aromatic rings. The van der Waals surface area contributed by atoms with Gasteiger partial charge in [0.2, 0.25) is 5.91 Å². The van der Waals surface area contributed by atoms with Crippen LogP contribution in [0.1, 0.15) is 34.1 Å². The summed E-state index contributed by atoms with van der Waals surface area (Å²) in [4.78, 5) is 40.1. The van der Waals surface area contributed by atoms with Crippen LogP contribution in [0.15, 0.2) is 47.8 Å². The van der Waals surface area contributed by atoms with E-state index in [-0.39, 0.29) is 34.4 Å². The number of nitrogens with zero attached hydrogens (tertiary/aromatic N) is 3. The topological polar surface area (TPSA) is 103 Å². The molecule has 0 fully saturated rings. The van der Waals surface area contributed by atoms with E-state index in [0.717, 1.165) is 34.4 Å². The third kappa shape index (κ3) is 5.52. The summed E-state index contributed by atoms with van der Waals surface area (Å²) < 4.78 is 44.3. The third-order valence-corrected chi connectivity index (χ3v) is 5.34. The molecule has 0 saturated carbocycles. The lowest BCUT2D eigenvalue weighted by Crippen LogP contribution is -2.23. The van der Waals surface area contributed by atoms with Crippen molar-refractivity contribution in [1.82, 2.24) is 4.98 Å². The zero-order valence-electron chi connectivity index (χ0n) is 17.3. The van der Waals surface area contributed by atoms with Gasteiger partial charge < -0.3 is 4.74 Å². The molecule has 0 radical (unpaired) electrons. The van der Waals surface area contributed by atoms with Crippen LogP contribution in [-0.4, -0.2) is 21.8 Å². The fourth-order valence-corrected chi connectivity index (χ4v) is 3.74. The average Bonchev–Trinajstić information content (AvgIpc) is 3.20. The van der Waals surface area contributed by atoms with Crippen molar-refractivity contribution in [2.24, 2.45) is 0 Å². The Labute approximate surface area is 189 Å². The van der Waals surface area contributed by atoms with Gasteiger partial charge in [-0.15, -0.1) is 11.3 Å². The van der Waals surface area contributed by atoms with Gasteiger partial charge in [0.25, 0.3) is 5.69 Å². The lowest BCUT2D eigenvalue weighted by Gasteiger charge is -2.19. The Morgan fingerprint density at radius 1 is 1.21 bits per heavy atom. The van der Waals surface area contributed by atoms with Crippen molar-refractivity contribution >= 4 is 39.7 Å². The van der Waals surface area contributed by atoms with E-state index in [0.29, 0.717) is 5.56 Å². The van der Waals surface area contributed by atoms with Gasteiger partial charge in [0, 0.05) is 23.9 Å². The minimum atomic E-state index is -4.58. The van der Waals surface area contributed by atoms with Gasteiger partial charge in [-0.1, -0.05) is 12.1 Å². The standard InChI is InChI=1S/C21H16F3N3O5S/c1-12-6-7-14(8-18(12)27(30)31)19(29)32-10-16-11-33-20(25-16)26(13(2)28)17-5-3-4-15(9-17)21(22,23)24/h3-9,11H,10H2,1-2H3. The van der Waals surface area contributed by atoms with Crippen molar-refractivity contribution in [3.8, 4) is 0 Å². The first-order valence-electron chi connectivity index (χ1n) is 9.32. The molecule has 0 atom stereocenters. The minimum absolute atomic E-state index is 0.0119. The summed E-state index contributed by atoms with van der Waals surface area (Å²) in [5, 5.41) is 12.6. The molecule has 0 unspecified atom stereocenters.